The Bertz CT molecular complexity index is 538. The predicted molar refractivity (Wildman–Crippen MR) is 138 cm³/mol. The van der Waals surface area contributed by atoms with Crippen LogP contribution in [-0.4, -0.2) is 11.8 Å². The summed E-state index contributed by atoms with van der Waals surface area (Å²) in [6, 6.07) is 6.35. The van der Waals surface area contributed by atoms with Crippen molar-refractivity contribution < 1.29 is 4.74 Å². The summed E-state index contributed by atoms with van der Waals surface area (Å²) in [7, 11) is 0. The fraction of sp³-hybridized carbons (Fsp3) is 0.741. The van der Waals surface area contributed by atoms with Crippen molar-refractivity contribution in [2.45, 2.75) is 124 Å². The lowest BCUT2D eigenvalue weighted by Crippen LogP contribution is -2.14. The van der Waals surface area contributed by atoms with Crippen molar-refractivity contribution in [2.75, 3.05) is 11.9 Å². The molecule has 1 aromatic carbocycles. The molecule has 0 aliphatic heterocycles. The van der Waals surface area contributed by atoms with Gasteiger partial charge in [0.05, 0.1) is 6.61 Å². The number of hydrogen-bond acceptors (Lipinski definition) is 2. The molecular weight excluding hydrogens is 386 g/mol. The van der Waals surface area contributed by atoms with Gasteiger partial charge >= 0.3 is 0 Å². The average Bonchev–Trinajstić information content (AvgIpc) is 2.69. The summed E-state index contributed by atoms with van der Waals surface area (Å²) >= 11 is 5.30. The van der Waals surface area contributed by atoms with E-state index >= 15 is 0 Å². The highest BCUT2D eigenvalue weighted by Gasteiger charge is 2.01. The molecule has 0 aliphatic rings. The van der Waals surface area contributed by atoms with Crippen LogP contribution in [0.25, 0.3) is 0 Å². The maximum absolute atomic E-state index is 5.67. The second-order valence-corrected chi connectivity index (χ2v) is 9.31. The molecule has 0 aromatic heterocycles. The smallest absolute Gasteiger partial charge is 0.261 e. The Morgan fingerprint density at radius 2 is 1.07 bits per heavy atom. The zero-order valence-corrected chi connectivity index (χ0v) is 20.9. The highest BCUT2D eigenvalue weighted by Crippen LogP contribution is 2.15. The van der Waals surface area contributed by atoms with E-state index in [9.17, 15) is 0 Å². The summed E-state index contributed by atoms with van der Waals surface area (Å²) in [5.74, 6) is 0. The SMILES string of the molecule is CCCCCCCCCCCCCCCCCCOC(=S)Nc1cc(C)cc(C)c1. The van der Waals surface area contributed by atoms with Crippen LogP contribution in [-0.2, 0) is 4.74 Å². The van der Waals surface area contributed by atoms with E-state index in [1.165, 1.54) is 107 Å². The van der Waals surface area contributed by atoms with Crippen molar-refractivity contribution in [1.29, 1.82) is 0 Å². The molecule has 0 bridgehead atoms. The summed E-state index contributed by atoms with van der Waals surface area (Å²) < 4.78 is 5.67. The molecule has 1 rings (SSSR count). The van der Waals surface area contributed by atoms with Gasteiger partial charge in [0.15, 0.2) is 0 Å². The topological polar surface area (TPSA) is 21.3 Å². The number of hydrogen-bond donors (Lipinski definition) is 1. The molecule has 0 aliphatic carbocycles. The number of aryl methyl sites for hydroxylation is 2. The molecule has 30 heavy (non-hydrogen) atoms. The van der Waals surface area contributed by atoms with Crippen LogP contribution in [0.3, 0.4) is 0 Å². The lowest BCUT2D eigenvalue weighted by atomic mass is 10.0. The van der Waals surface area contributed by atoms with E-state index in [4.69, 9.17) is 17.0 Å². The molecule has 0 fully saturated rings. The van der Waals surface area contributed by atoms with Crippen LogP contribution in [0.1, 0.15) is 121 Å². The van der Waals surface area contributed by atoms with Crippen molar-refractivity contribution in [1.82, 2.24) is 0 Å². The molecule has 1 N–H and O–H groups in total. The third-order valence-corrected chi connectivity index (χ3v) is 5.92. The Morgan fingerprint density at radius 1 is 0.667 bits per heavy atom. The van der Waals surface area contributed by atoms with Crippen molar-refractivity contribution in [3.63, 3.8) is 0 Å². The molecule has 0 radical (unpaired) electrons. The molecule has 1 aromatic rings. The largest absolute Gasteiger partial charge is 0.471 e. The van der Waals surface area contributed by atoms with E-state index in [-0.39, 0.29) is 0 Å². The van der Waals surface area contributed by atoms with E-state index in [0.29, 0.717) is 5.17 Å². The lowest BCUT2D eigenvalue weighted by Gasteiger charge is -2.11. The number of ether oxygens (including phenoxy) is 1. The van der Waals surface area contributed by atoms with Gasteiger partial charge in [-0.05, 0) is 55.7 Å². The molecule has 2 nitrogen and oxygen atoms in total. The van der Waals surface area contributed by atoms with E-state index in [2.05, 4.69) is 44.3 Å². The van der Waals surface area contributed by atoms with Gasteiger partial charge in [0.2, 0.25) is 0 Å². The minimum absolute atomic E-state index is 0.487. The average molecular weight is 434 g/mol. The van der Waals surface area contributed by atoms with Crippen molar-refractivity contribution >= 4 is 23.1 Å². The summed E-state index contributed by atoms with van der Waals surface area (Å²) in [5, 5.41) is 3.67. The Labute approximate surface area is 192 Å². The highest BCUT2D eigenvalue weighted by atomic mass is 32.1. The van der Waals surface area contributed by atoms with Gasteiger partial charge in [0, 0.05) is 5.69 Å². The summed E-state index contributed by atoms with van der Waals surface area (Å²) in [4.78, 5) is 0. The summed E-state index contributed by atoms with van der Waals surface area (Å²) in [6.07, 6.45) is 22.2. The fourth-order valence-corrected chi connectivity index (χ4v) is 4.22. The first kappa shape index (κ1) is 26.9. The Kier molecular flexibility index (Phi) is 16.8. The van der Waals surface area contributed by atoms with Crippen LogP contribution < -0.4 is 5.32 Å². The van der Waals surface area contributed by atoms with Gasteiger partial charge in [-0.15, -0.1) is 0 Å². The lowest BCUT2D eigenvalue weighted by molar-refractivity contribution is 0.298. The number of unbranched alkanes of at least 4 members (excludes halogenated alkanes) is 15. The highest BCUT2D eigenvalue weighted by molar-refractivity contribution is 7.80. The maximum atomic E-state index is 5.67. The van der Waals surface area contributed by atoms with Gasteiger partial charge in [-0.3, -0.25) is 0 Å². The molecule has 0 saturated heterocycles. The summed E-state index contributed by atoms with van der Waals surface area (Å²) in [6.45, 7) is 7.20. The minimum atomic E-state index is 0.487. The van der Waals surface area contributed by atoms with Crippen LogP contribution in [0.15, 0.2) is 18.2 Å². The van der Waals surface area contributed by atoms with Crippen LogP contribution >= 0.6 is 12.2 Å². The van der Waals surface area contributed by atoms with Gasteiger partial charge in [-0.2, -0.15) is 0 Å². The van der Waals surface area contributed by atoms with Crippen molar-refractivity contribution in [3.05, 3.63) is 29.3 Å². The quantitative estimate of drug-likeness (QED) is 0.184. The van der Waals surface area contributed by atoms with Crippen LogP contribution in [0.5, 0.6) is 0 Å². The Balaban J connectivity index is 1.82. The maximum Gasteiger partial charge on any atom is 0.261 e. The molecule has 0 atom stereocenters. The molecule has 0 heterocycles. The van der Waals surface area contributed by atoms with Gasteiger partial charge in [0.1, 0.15) is 0 Å². The predicted octanol–water partition coefficient (Wildman–Crippen LogP) is 9.28. The molecule has 172 valence electrons. The van der Waals surface area contributed by atoms with Crippen LogP contribution in [0, 0.1) is 13.8 Å². The van der Waals surface area contributed by atoms with E-state index in [1.807, 2.05) is 0 Å². The number of nitrogens with one attached hydrogen (secondary N) is 1. The summed E-state index contributed by atoms with van der Waals surface area (Å²) in [5.41, 5.74) is 3.49. The monoisotopic (exact) mass is 433 g/mol. The van der Waals surface area contributed by atoms with Crippen molar-refractivity contribution in [2.24, 2.45) is 0 Å². The molecular formula is C27H47NOS. The Hall–Kier alpha value is -1.09. The van der Waals surface area contributed by atoms with E-state index in [0.717, 1.165) is 18.7 Å². The second-order valence-electron chi connectivity index (χ2n) is 8.94. The van der Waals surface area contributed by atoms with Crippen molar-refractivity contribution in [3.8, 4) is 0 Å². The number of thiocarbonyl (C=S) groups is 1. The van der Waals surface area contributed by atoms with Crippen LogP contribution in [0.2, 0.25) is 0 Å². The Morgan fingerprint density at radius 3 is 1.50 bits per heavy atom. The molecule has 0 amide bonds. The minimum Gasteiger partial charge on any atom is -0.471 e. The molecule has 0 unspecified atom stereocenters. The first-order chi connectivity index (χ1) is 14.6. The third-order valence-electron chi connectivity index (χ3n) is 5.70. The van der Waals surface area contributed by atoms with E-state index in [1.54, 1.807) is 0 Å². The van der Waals surface area contributed by atoms with E-state index < -0.39 is 0 Å². The normalized spacial score (nSPS) is 10.9. The first-order valence-electron chi connectivity index (χ1n) is 12.6. The first-order valence-corrected chi connectivity index (χ1v) is 13.0. The van der Waals surface area contributed by atoms with Crippen LogP contribution in [0.4, 0.5) is 5.69 Å². The second kappa shape index (κ2) is 18.7. The fourth-order valence-electron chi connectivity index (χ4n) is 4.02. The van der Waals surface area contributed by atoms with Gasteiger partial charge in [0.25, 0.3) is 5.17 Å². The standard InChI is InChI=1S/C27H47NOS/c1-4-5-6-7-8-9-10-11-12-13-14-15-16-17-18-19-20-29-27(30)28-26-22-24(2)21-25(3)23-26/h21-23H,4-20H2,1-3H3,(H,28,30). The zero-order chi connectivity index (χ0) is 21.9. The number of benzene rings is 1. The molecule has 0 spiro atoms. The van der Waals surface area contributed by atoms with Gasteiger partial charge in [-0.1, -0.05) is 109 Å². The zero-order valence-electron chi connectivity index (χ0n) is 20.1. The third kappa shape index (κ3) is 15.7. The molecule has 0 saturated carbocycles. The number of anilines is 1. The number of rotatable bonds is 18. The van der Waals surface area contributed by atoms with Gasteiger partial charge < -0.3 is 10.1 Å². The van der Waals surface area contributed by atoms with Gasteiger partial charge in [-0.25, -0.2) is 0 Å². The molecule has 3 heteroatoms.